The van der Waals surface area contributed by atoms with Gasteiger partial charge in [0.15, 0.2) is 5.82 Å². The molecule has 10 heteroatoms. The molecular formula is C23H25F3N6O. The Kier molecular flexibility index (Phi) is 6.09. The number of hydrogen-bond donors (Lipinski definition) is 0. The Labute approximate surface area is 189 Å². The highest BCUT2D eigenvalue weighted by atomic mass is 19.4. The number of piperazine rings is 1. The Bertz CT molecular complexity index is 1170. The number of hydrogen-bond acceptors (Lipinski definition) is 5. The van der Waals surface area contributed by atoms with Gasteiger partial charge in [-0.1, -0.05) is 18.2 Å². The smallest absolute Gasteiger partial charge is 0.353 e. The molecule has 0 unspecified atom stereocenters. The van der Waals surface area contributed by atoms with Crippen molar-refractivity contribution in [1.82, 2.24) is 24.6 Å². The number of halogens is 3. The van der Waals surface area contributed by atoms with E-state index >= 15 is 0 Å². The molecule has 1 amide bonds. The highest BCUT2D eigenvalue weighted by Crippen LogP contribution is 2.30. The first kappa shape index (κ1) is 22.8. The summed E-state index contributed by atoms with van der Waals surface area (Å²) < 4.78 is 41.2. The average Bonchev–Trinajstić information content (AvgIpc) is 3.11. The lowest BCUT2D eigenvalue weighted by Crippen LogP contribution is -2.48. The van der Waals surface area contributed by atoms with Crippen LogP contribution in [0.25, 0.3) is 5.82 Å². The van der Waals surface area contributed by atoms with Gasteiger partial charge in [-0.15, -0.1) is 0 Å². The van der Waals surface area contributed by atoms with Crippen molar-refractivity contribution >= 4 is 11.7 Å². The molecular weight excluding hydrogens is 433 g/mol. The summed E-state index contributed by atoms with van der Waals surface area (Å²) in [5.41, 5.74) is 1.50. The first-order valence-electron chi connectivity index (χ1n) is 10.7. The minimum Gasteiger partial charge on any atom is -0.353 e. The zero-order valence-electron chi connectivity index (χ0n) is 18.7. The van der Waals surface area contributed by atoms with E-state index in [0.717, 1.165) is 23.5 Å². The summed E-state index contributed by atoms with van der Waals surface area (Å²) in [6.07, 6.45) is -4.26. The molecule has 1 saturated heterocycles. The maximum absolute atomic E-state index is 13.2. The molecule has 0 N–H and O–H groups in total. The van der Waals surface area contributed by atoms with Crippen LogP contribution >= 0.6 is 0 Å². The lowest BCUT2D eigenvalue weighted by atomic mass is 10.1. The molecule has 0 radical (unpaired) electrons. The van der Waals surface area contributed by atoms with Gasteiger partial charge in [0.05, 0.1) is 11.3 Å². The Morgan fingerprint density at radius 1 is 1.00 bits per heavy atom. The van der Waals surface area contributed by atoms with E-state index in [2.05, 4.69) is 20.0 Å². The predicted octanol–water partition coefficient (Wildman–Crippen LogP) is 3.56. The topological polar surface area (TPSA) is 67.2 Å². The molecule has 0 saturated carbocycles. The lowest BCUT2D eigenvalue weighted by molar-refractivity contribution is -0.137. The number of carbonyl (C=O) groups is 1. The van der Waals surface area contributed by atoms with Crippen molar-refractivity contribution in [2.45, 2.75) is 33.4 Å². The predicted molar refractivity (Wildman–Crippen MR) is 117 cm³/mol. The van der Waals surface area contributed by atoms with Crippen LogP contribution in [0, 0.1) is 13.8 Å². The zero-order chi connectivity index (χ0) is 23.8. The normalized spacial score (nSPS) is 14.6. The zero-order valence-corrected chi connectivity index (χ0v) is 18.7. The number of amides is 1. The van der Waals surface area contributed by atoms with E-state index < -0.39 is 11.7 Å². The number of alkyl halides is 3. The van der Waals surface area contributed by atoms with E-state index in [1.807, 2.05) is 26.0 Å². The van der Waals surface area contributed by atoms with Crippen LogP contribution in [0.15, 0.2) is 36.4 Å². The number of anilines is 1. The Balaban J connectivity index is 1.69. The number of aryl methyl sites for hydroxylation is 2. The van der Waals surface area contributed by atoms with Gasteiger partial charge in [-0.3, -0.25) is 4.79 Å². The lowest BCUT2D eigenvalue weighted by Gasteiger charge is -2.35. The molecule has 0 spiro atoms. The van der Waals surface area contributed by atoms with E-state index in [1.54, 1.807) is 22.6 Å². The minimum absolute atomic E-state index is 0.0332. The molecule has 174 valence electrons. The van der Waals surface area contributed by atoms with Crippen molar-refractivity contribution in [2.75, 3.05) is 31.1 Å². The minimum atomic E-state index is -4.41. The van der Waals surface area contributed by atoms with Gasteiger partial charge < -0.3 is 9.80 Å². The number of rotatable bonds is 4. The third-order valence-corrected chi connectivity index (χ3v) is 5.64. The van der Waals surface area contributed by atoms with Crippen molar-refractivity contribution in [2.24, 2.45) is 0 Å². The van der Waals surface area contributed by atoms with Crippen LogP contribution in [0.1, 0.15) is 35.3 Å². The summed E-state index contributed by atoms with van der Waals surface area (Å²) in [5.74, 6) is 1.66. The fourth-order valence-electron chi connectivity index (χ4n) is 3.97. The molecule has 4 rings (SSSR count). The molecule has 2 aromatic heterocycles. The van der Waals surface area contributed by atoms with Gasteiger partial charge in [-0.05, 0) is 31.5 Å². The van der Waals surface area contributed by atoms with Crippen LogP contribution in [-0.2, 0) is 17.4 Å². The SMILES string of the molecule is CC(=O)N1CCN(c2cc(-n3nc(C)cc3C)nc(Cc3cccc(C(F)(F)F)c3)n2)CC1. The van der Waals surface area contributed by atoms with Crippen molar-refractivity contribution in [3.8, 4) is 5.82 Å². The monoisotopic (exact) mass is 458 g/mol. The fraction of sp³-hybridized carbons (Fsp3) is 0.391. The van der Waals surface area contributed by atoms with E-state index in [1.165, 1.54) is 6.07 Å². The molecule has 1 aromatic carbocycles. The van der Waals surface area contributed by atoms with Crippen molar-refractivity contribution < 1.29 is 18.0 Å². The van der Waals surface area contributed by atoms with Gasteiger partial charge in [0.1, 0.15) is 11.6 Å². The van der Waals surface area contributed by atoms with Gasteiger partial charge in [-0.25, -0.2) is 14.6 Å². The van der Waals surface area contributed by atoms with Crippen LogP contribution in [0.2, 0.25) is 0 Å². The molecule has 0 bridgehead atoms. The fourth-order valence-corrected chi connectivity index (χ4v) is 3.97. The van der Waals surface area contributed by atoms with Crippen molar-refractivity contribution in [3.63, 3.8) is 0 Å². The van der Waals surface area contributed by atoms with Crippen LogP contribution in [0.5, 0.6) is 0 Å². The number of nitrogens with zero attached hydrogens (tertiary/aromatic N) is 6. The van der Waals surface area contributed by atoms with Gasteiger partial charge in [0.2, 0.25) is 5.91 Å². The number of benzene rings is 1. The van der Waals surface area contributed by atoms with Gasteiger partial charge in [0.25, 0.3) is 0 Å². The highest BCUT2D eigenvalue weighted by Gasteiger charge is 2.30. The Hall–Kier alpha value is -3.43. The van der Waals surface area contributed by atoms with E-state index in [9.17, 15) is 18.0 Å². The van der Waals surface area contributed by atoms with Gasteiger partial charge in [-0.2, -0.15) is 18.3 Å². The van der Waals surface area contributed by atoms with Crippen LogP contribution in [0.3, 0.4) is 0 Å². The van der Waals surface area contributed by atoms with Crippen molar-refractivity contribution in [1.29, 1.82) is 0 Å². The van der Waals surface area contributed by atoms with Crippen LogP contribution < -0.4 is 4.90 Å². The van der Waals surface area contributed by atoms with Gasteiger partial charge >= 0.3 is 6.18 Å². The molecule has 0 aliphatic carbocycles. The number of carbonyl (C=O) groups excluding carboxylic acids is 1. The van der Waals surface area contributed by atoms with E-state index in [-0.39, 0.29) is 12.3 Å². The summed E-state index contributed by atoms with van der Waals surface area (Å²) in [6.45, 7) is 7.73. The average molecular weight is 458 g/mol. The first-order valence-corrected chi connectivity index (χ1v) is 10.7. The maximum Gasteiger partial charge on any atom is 0.416 e. The Morgan fingerprint density at radius 2 is 1.70 bits per heavy atom. The van der Waals surface area contributed by atoms with Crippen LogP contribution in [0.4, 0.5) is 19.0 Å². The third-order valence-electron chi connectivity index (χ3n) is 5.64. The molecule has 1 aliphatic heterocycles. The first-order chi connectivity index (χ1) is 15.6. The quantitative estimate of drug-likeness (QED) is 0.598. The molecule has 3 heterocycles. The van der Waals surface area contributed by atoms with Crippen molar-refractivity contribution in [3.05, 3.63) is 64.7 Å². The molecule has 1 fully saturated rings. The summed E-state index contributed by atoms with van der Waals surface area (Å²) in [4.78, 5) is 24.8. The number of aromatic nitrogens is 4. The van der Waals surface area contributed by atoms with E-state index in [0.29, 0.717) is 49.2 Å². The largest absolute Gasteiger partial charge is 0.416 e. The standard InChI is InChI=1S/C23H25F3N6O/c1-15-11-16(2)32(29-15)22-14-21(31-9-7-30(8-10-31)17(3)33)27-20(28-22)13-18-5-4-6-19(12-18)23(24,25)26/h4-6,11-12,14H,7-10,13H2,1-3H3. The summed E-state index contributed by atoms with van der Waals surface area (Å²) >= 11 is 0. The Morgan fingerprint density at radius 3 is 2.30 bits per heavy atom. The summed E-state index contributed by atoms with van der Waals surface area (Å²) in [5, 5.41) is 4.50. The summed E-state index contributed by atoms with van der Waals surface area (Å²) in [6, 6.07) is 8.98. The maximum atomic E-state index is 13.2. The van der Waals surface area contributed by atoms with E-state index in [4.69, 9.17) is 0 Å². The van der Waals surface area contributed by atoms with Gasteiger partial charge in [0, 0.05) is 51.3 Å². The second-order valence-electron chi connectivity index (χ2n) is 8.21. The van der Waals surface area contributed by atoms with Crippen LogP contribution in [-0.4, -0.2) is 56.7 Å². The second kappa shape index (κ2) is 8.84. The molecule has 33 heavy (non-hydrogen) atoms. The highest BCUT2D eigenvalue weighted by molar-refractivity contribution is 5.73. The molecule has 1 aliphatic rings. The second-order valence-corrected chi connectivity index (χ2v) is 8.21. The third kappa shape index (κ3) is 5.15. The summed E-state index contributed by atoms with van der Waals surface area (Å²) in [7, 11) is 0. The molecule has 3 aromatic rings. The molecule has 0 atom stereocenters. The molecule has 7 nitrogen and oxygen atoms in total.